The van der Waals surface area contributed by atoms with Gasteiger partial charge in [0.25, 0.3) is 5.89 Å². The van der Waals surface area contributed by atoms with Crippen molar-refractivity contribution in [3.8, 4) is 34.5 Å². The third-order valence-corrected chi connectivity index (χ3v) is 5.32. The fraction of sp³-hybridized carbons (Fsp3) is 0.333. The Balaban J connectivity index is 0.00000193. The van der Waals surface area contributed by atoms with E-state index in [0.717, 1.165) is 0 Å². The zero-order valence-corrected chi connectivity index (χ0v) is 21.7. The Morgan fingerprint density at radius 3 is 2.55 bits per heavy atom. The molecule has 1 aliphatic carbocycles. The predicted octanol–water partition coefficient (Wildman–Crippen LogP) is -0.0208. The molecule has 1 aromatic carbocycles. The molecule has 9 nitrogen and oxygen atoms in total. The van der Waals surface area contributed by atoms with E-state index in [4.69, 9.17) is 37.2 Å². The molecule has 0 saturated heterocycles. The van der Waals surface area contributed by atoms with Crippen LogP contribution in [0.2, 0.25) is 10.0 Å². The molecule has 1 fully saturated rings. The predicted molar refractivity (Wildman–Crippen MR) is 115 cm³/mol. The summed E-state index contributed by atoms with van der Waals surface area (Å²) in [6.45, 7) is 3.76. The molecule has 0 atom stereocenters. The number of aliphatic carboxylic acids is 1. The average molecular weight is 504 g/mol. The second-order valence-corrected chi connectivity index (χ2v) is 8.28. The maximum Gasteiger partial charge on any atom is 1.00 e. The number of aromatic nitrogens is 3. The summed E-state index contributed by atoms with van der Waals surface area (Å²) in [7, 11) is 0. The van der Waals surface area contributed by atoms with E-state index in [1.54, 1.807) is 24.3 Å². The summed E-state index contributed by atoms with van der Waals surface area (Å²) in [5, 5.41) is 15.5. The van der Waals surface area contributed by atoms with E-state index in [2.05, 4.69) is 15.1 Å². The van der Waals surface area contributed by atoms with Crippen molar-refractivity contribution in [1.29, 1.82) is 0 Å². The molecule has 0 spiro atoms. The van der Waals surface area contributed by atoms with Gasteiger partial charge in [0.15, 0.2) is 0 Å². The van der Waals surface area contributed by atoms with Crippen LogP contribution in [0.4, 0.5) is 0 Å². The molecule has 4 rings (SSSR count). The fourth-order valence-electron chi connectivity index (χ4n) is 3.10. The molecule has 33 heavy (non-hydrogen) atoms. The molecular formula is C21H20Cl2N3NaO6. The first kappa shape index (κ1) is 27.4. The minimum absolute atomic E-state index is 0. The first-order valence-electron chi connectivity index (χ1n) is 9.64. The van der Waals surface area contributed by atoms with Gasteiger partial charge < -0.3 is 29.4 Å². The van der Waals surface area contributed by atoms with Gasteiger partial charge in [-0.1, -0.05) is 28.4 Å². The van der Waals surface area contributed by atoms with Gasteiger partial charge in [0.1, 0.15) is 10.8 Å². The zero-order valence-electron chi connectivity index (χ0n) is 18.2. The molecule has 2 aromatic heterocycles. The van der Waals surface area contributed by atoms with Gasteiger partial charge in [-0.3, -0.25) is 0 Å². The van der Waals surface area contributed by atoms with E-state index in [0.29, 0.717) is 51.5 Å². The third kappa shape index (κ3) is 6.38. The molecule has 0 aliphatic heterocycles. The molecule has 2 N–H and O–H groups in total. The SMILES string of the molecule is CC(C)Oc1ncc(-c2nc(-c3ccc(OC4CC(C(=O)[O-])C4)cc3Cl)no2)cc1Cl.O.[Na+]. The van der Waals surface area contributed by atoms with Crippen LogP contribution in [0.5, 0.6) is 11.6 Å². The molecule has 12 heteroatoms. The van der Waals surface area contributed by atoms with Crippen LogP contribution in [-0.2, 0) is 4.79 Å². The molecule has 1 saturated carbocycles. The average Bonchev–Trinajstić information content (AvgIpc) is 3.15. The smallest absolute Gasteiger partial charge is 0.550 e. The number of nitrogens with zero attached hydrogens (tertiary/aromatic N) is 3. The first-order chi connectivity index (χ1) is 14.8. The van der Waals surface area contributed by atoms with E-state index in [9.17, 15) is 9.90 Å². The minimum Gasteiger partial charge on any atom is -0.550 e. The number of carboxylic acids is 1. The molecule has 0 radical (unpaired) electrons. The van der Waals surface area contributed by atoms with Gasteiger partial charge in [-0.15, -0.1) is 0 Å². The number of rotatable bonds is 7. The molecule has 0 bridgehead atoms. The van der Waals surface area contributed by atoms with E-state index in [1.165, 1.54) is 6.20 Å². The van der Waals surface area contributed by atoms with Crippen molar-refractivity contribution < 1.29 is 58.9 Å². The van der Waals surface area contributed by atoms with Crippen molar-refractivity contribution in [3.05, 3.63) is 40.5 Å². The monoisotopic (exact) mass is 503 g/mol. The van der Waals surface area contributed by atoms with Crippen LogP contribution in [0.25, 0.3) is 22.8 Å². The maximum atomic E-state index is 10.8. The van der Waals surface area contributed by atoms with Crippen molar-refractivity contribution in [1.82, 2.24) is 15.1 Å². The van der Waals surface area contributed by atoms with E-state index in [1.807, 2.05) is 13.8 Å². The summed E-state index contributed by atoms with van der Waals surface area (Å²) < 4.78 is 16.6. The summed E-state index contributed by atoms with van der Waals surface area (Å²) in [6, 6.07) is 6.71. The van der Waals surface area contributed by atoms with Crippen molar-refractivity contribution in [2.24, 2.45) is 5.92 Å². The molecule has 170 valence electrons. The molecule has 3 aromatic rings. The third-order valence-electron chi connectivity index (χ3n) is 4.74. The topological polar surface area (TPSA) is 142 Å². The Kier molecular flexibility index (Phi) is 9.54. The first-order valence-corrected chi connectivity index (χ1v) is 10.4. The quantitative estimate of drug-likeness (QED) is 0.409. The van der Waals surface area contributed by atoms with E-state index < -0.39 is 11.9 Å². The summed E-state index contributed by atoms with van der Waals surface area (Å²) in [5.74, 6) is -0.0936. The summed E-state index contributed by atoms with van der Waals surface area (Å²) in [5.41, 5.74) is 1.10. The maximum absolute atomic E-state index is 10.8. The second kappa shape index (κ2) is 11.5. The van der Waals surface area contributed by atoms with Gasteiger partial charge in [-0.2, -0.15) is 4.98 Å². The van der Waals surface area contributed by atoms with Gasteiger partial charge in [0.2, 0.25) is 11.7 Å². The number of hydrogen-bond donors (Lipinski definition) is 0. The normalized spacial score (nSPS) is 16.9. The molecule has 0 unspecified atom stereocenters. The van der Waals surface area contributed by atoms with Gasteiger partial charge in [0.05, 0.1) is 22.8 Å². The van der Waals surface area contributed by atoms with Gasteiger partial charge in [-0.25, -0.2) is 4.98 Å². The van der Waals surface area contributed by atoms with Crippen LogP contribution >= 0.6 is 23.2 Å². The van der Waals surface area contributed by atoms with Gasteiger partial charge in [-0.05, 0) is 51.0 Å². The summed E-state index contributed by atoms with van der Waals surface area (Å²) >= 11 is 12.6. The number of carbonyl (C=O) groups excluding carboxylic acids is 1. The number of halogens is 2. The van der Waals surface area contributed by atoms with Crippen LogP contribution in [0.1, 0.15) is 26.7 Å². The Morgan fingerprint density at radius 1 is 1.21 bits per heavy atom. The van der Waals surface area contributed by atoms with Crippen LogP contribution in [-0.4, -0.2) is 38.8 Å². The van der Waals surface area contributed by atoms with Gasteiger partial charge in [0, 0.05) is 23.6 Å². The Morgan fingerprint density at radius 2 is 1.94 bits per heavy atom. The van der Waals surface area contributed by atoms with Crippen LogP contribution < -0.4 is 44.1 Å². The van der Waals surface area contributed by atoms with Crippen molar-refractivity contribution in [2.45, 2.75) is 38.9 Å². The Bertz CT molecular complexity index is 1120. The molecular weight excluding hydrogens is 484 g/mol. The number of carbonyl (C=O) groups is 1. The van der Waals surface area contributed by atoms with Crippen LogP contribution in [0, 0.1) is 5.92 Å². The number of carboxylic acid groups (broad SMARTS) is 1. The van der Waals surface area contributed by atoms with Crippen molar-refractivity contribution in [2.75, 3.05) is 0 Å². The number of pyridine rings is 1. The molecule has 1 aliphatic rings. The number of hydrogen-bond acceptors (Lipinski definition) is 8. The van der Waals surface area contributed by atoms with E-state index >= 15 is 0 Å². The fourth-order valence-corrected chi connectivity index (χ4v) is 3.57. The summed E-state index contributed by atoms with van der Waals surface area (Å²) in [4.78, 5) is 19.4. The second-order valence-electron chi connectivity index (χ2n) is 7.47. The van der Waals surface area contributed by atoms with Crippen LogP contribution in [0.3, 0.4) is 0 Å². The number of ether oxygens (including phenoxy) is 2. The zero-order chi connectivity index (χ0) is 22.1. The molecule has 0 amide bonds. The van der Waals surface area contributed by atoms with E-state index in [-0.39, 0.29) is 53.1 Å². The largest absolute Gasteiger partial charge is 1.00 e. The Labute approximate surface area is 222 Å². The summed E-state index contributed by atoms with van der Waals surface area (Å²) in [6.07, 6.45) is 2.17. The minimum atomic E-state index is -1.04. The molecule has 2 heterocycles. The standard InChI is InChI=1S/C21H19Cl2N3O5.Na.H2O/c1-10(2)29-20-17(23)7-12(9-24-20)19-25-18(26-31-19)15-4-3-13(8-16(15)22)30-14-5-11(6-14)21(27)28;;/h3-4,7-11,14H,5-6H2,1-2H3,(H,27,28);;1H2/q;+1;/p-1. The van der Waals surface area contributed by atoms with Gasteiger partial charge >= 0.3 is 29.6 Å². The van der Waals surface area contributed by atoms with Crippen molar-refractivity contribution in [3.63, 3.8) is 0 Å². The Hall–Kier alpha value is -1.88. The number of benzene rings is 1. The van der Waals surface area contributed by atoms with Crippen LogP contribution in [0.15, 0.2) is 35.0 Å². The van der Waals surface area contributed by atoms with Crippen molar-refractivity contribution >= 4 is 29.2 Å².